The number of morpholine rings is 1. The van der Waals surface area contributed by atoms with Crippen molar-refractivity contribution >= 4 is 29.9 Å². The van der Waals surface area contributed by atoms with Crippen LogP contribution in [0, 0.1) is 5.82 Å². The van der Waals surface area contributed by atoms with E-state index in [1.807, 2.05) is 12.1 Å². The van der Waals surface area contributed by atoms with E-state index >= 15 is 0 Å². The third-order valence-corrected chi connectivity index (χ3v) is 5.60. The SMILES string of the molecule is CN=C(NCC1CCCN1C)NCC(c1ccc(F)cc1)N1CCOCC1.I. The number of halogens is 2. The topological polar surface area (TPSA) is 52.1 Å². The highest BCUT2D eigenvalue weighted by Gasteiger charge is 2.24. The molecule has 0 amide bonds. The Morgan fingerprint density at radius 2 is 1.93 bits per heavy atom. The lowest BCUT2D eigenvalue weighted by molar-refractivity contribution is 0.0170. The van der Waals surface area contributed by atoms with Gasteiger partial charge in [0.1, 0.15) is 5.82 Å². The fourth-order valence-corrected chi connectivity index (χ4v) is 3.90. The summed E-state index contributed by atoms with van der Waals surface area (Å²) in [5, 5.41) is 6.92. The molecule has 2 unspecified atom stereocenters. The summed E-state index contributed by atoms with van der Waals surface area (Å²) in [4.78, 5) is 9.16. The first-order chi connectivity index (χ1) is 13.2. The molecule has 0 aromatic heterocycles. The van der Waals surface area contributed by atoms with E-state index in [1.165, 1.54) is 31.5 Å². The van der Waals surface area contributed by atoms with Crippen molar-refractivity contribution in [1.29, 1.82) is 0 Å². The lowest BCUT2D eigenvalue weighted by Crippen LogP contribution is -2.48. The Hall–Kier alpha value is -0.970. The van der Waals surface area contributed by atoms with Crippen molar-refractivity contribution < 1.29 is 9.13 Å². The zero-order chi connectivity index (χ0) is 19.1. The summed E-state index contributed by atoms with van der Waals surface area (Å²) in [5.41, 5.74) is 1.11. The average Bonchev–Trinajstić information content (AvgIpc) is 3.11. The van der Waals surface area contributed by atoms with Crippen molar-refractivity contribution in [1.82, 2.24) is 20.4 Å². The van der Waals surface area contributed by atoms with Crippen LogP contribution in [0.25, 0.3) is 0 Å². The number of hydrogen-bond donors (Lipinski definition) is 2. The van der Waals surface area contributed by atoms with E-state index in [0.717, 1.165) is 44.4 Å². The predicted octanol–water partition coefficient (Wildman–Crippen LogP) is 2.08. The lowest BCUT2D eigenvalue weighted by Gasteiger charge is -2.35. The van der Waals surface area contributed by atoms with Gasteiger partial charge in [-0.3, -0.25) is 9.89 Å². The zero-order valence-corrected chi connectivity index (χ0v) is 19.2. The van der Waals surface area contributed by atoms with Crippen molar-refractivity contribution in [2.45, 2.75) is 24.9 Å². The highest BCUT2D eigenvalue weighted by molar-refractivity contribution is 14.0. The number of benzene rings is 1. The summed E-state index contributed by atoms with van der Waals surface area (Å²) in [5.74, 6) is 0.612. The maximum absolute atomic E-state index is 13.4. The third-order valence-electron chi connectivity index (χ3n) is 5.60. The van der Waals surface area contributed by atoms with E-state index in [-0.39, 0.29) is 35.8 Å². The largest absolute Gasteiger partial charge is 0.379 e. The van der Waals surface area contributed by atoms with Crippen LogP contribution in [-0.4, -0.2) is 81.8 Å². The Morgan fingerprint density at radius 1 is 1.21 bits per heavy atom. The van der Waals surface area contributed by atoms with Gasteiger partial charge in [-0.25, -0.2) is 4.39 Å². The molecular weight excluding hydrogens is 472 g/mol. The normalized spacial score (nSPS) is 22.5. The number of likely N-dealkylation sites (tertiary alicyclic amines) is 1. The van der Waals surface area contributed by atoms with Crippen LogP contribution in [0.5, 0.6) is 0 Å². The summed E-state index contributed by atoms with van der Waals surface area (Å²) in [6.07, 6.45) is 2.49. The van der Waals surface area contributed by atoms with Gasteiger partial charge in [-0.2, -0.15) is 0 Å². The van der Waals surface area contributed by atoms with Gasteiger partial charge in [-0.15, -0.1) is 24.0 Å². The molecule has 2 aliphatic heterocycles. The predicted molar refractivity (Wildman–Crippen MR) is 122 cm³/mol. The van der Waals surface area contributed by atoms with Gasteiger partial charge in [0.15, 0.2) is 5.96 Å². The van der Waals surface area contributed by atoms with Crippen LogP contribution >= 0.6 is 24.0 Å². The highest BCUT2D eigenvalue weighted by atomic mass is 127. The van der Waals surface area contributed by atoms with Crippen LogP contribution in [0.15, 0.2) is 29.3 Å². The molecule has 28 heavy (non-hydrogen) atoms. The second-order valence-corrected chi connectivity index (χ2v) is 7.33. The number of likely N-dealkylation sites (N-methyl/N-ethyl adjacent to an activating group) is 1. The van der Waals surface area contributed by atoms with Gasteiger partial charge in [-0.05, 0) is 44.1 Å². The molecule has 1 aromatic carbocycles. The molecule has 2 fully saturated rings. The molecule has 0 radical (unpaired) electrons. The molecule has 0 spiro atoms. The number of hydrogen-bond acceptors (Lipinski definition) is 4. The summed E-state index contributed by atoms with van der Waals surface area (Å²) in [6.45, 7) is 6.01. The van der Waals surface area contributed by atoms with Gasteiger partial charge in [0.05, 0.1) is 19.3 Å². The molecule has 158 valence electrons. The molecule has 8 heteroatoms. The molecule has 2 saturated heterocycles. The molecule has 6 nitrogen and oxygen atoms in total. The number of rotatable bonds is 6. The van der Waals surface area contributed by atoms with Crippen LogP contribution < -0.4 is 10.6 Å². The quantitative estimate of drug-likeness (QED) is 0.353. The monoisotopic (exact) mass is 505 g/mol. The van der Waals surface area contributed by atoms with Crippen LogP contribution in [0.3, 0.4) is 0 Å². The molecule has 1 aromatic rings. The molecule has 0 bridgehead atoms. The number of nitrogens with one attached hydrogen (secondary N) is 2. The van der Waals surface area contributed by atoms with Crippen LogP contribution in [0.1, 0.15) is 24.4 Å². The third kappa shape index (κ3) is 6.53. The van der Waals surface area contributed by atoms with Crippen molar-refractivity contribution in [3.05, 3.63) is 35.6 Å². The second kappa shape index (κ2) is 11.9. The van der Waals surface area contributed by atoms with Crippen molar-refractivity contribution in [2.75, 3.05) is 60.0 Å². The maximum atomic E-state index is 13.4. The number of ether oxygens (including phenoxy) is 1. The molecule has 2 heterocycles. The second-order valence-electron chi connectivity index (χ2n) is 7.33. The first kappa shape index (κ1) is 23.3. The van der Waals surface area contributed by atoms with E-state index < -0.39 is 0 Å². The summed E-state index contributed by atoms with van der Waals surface area (Å²) in [6, 6.07) is 7.54. The van der Waals surface area contributed by atoms with E-state index in [2.05, 4.69) is 32.5 Å². The number of aliphatic imine (C=N–C) groups is 1. The minimum absolute atomic E-state index is 0. The summed E-state index contributed by atoms with van der Waals surface area (Å²) in [7, 11) is 3.98. The van der Waals surface area contributed by atoms with Crippen molar-refractivity contribution in [3.8, 4) is 0 Å². The molecule has 2 N–H and O–H groups in total. The Morgan fingerprint density at radius 3 is 2.54 bits per heavy atom. The zero-order valence-electron chi connectivity index (χ0n) is 16.9. The Labute approximate surface area is 184 Å². The van der Waals surface area contributed by atoms with Gasteiger partial charge >= 0.3 is 0 Å². The van der Waals surface area contributed by atoms with Gasteiger partial charge in [0, 0.05) is 39.3 Å². The van der Waals surface area contributed by atoms with Crippen LogP contribution in [-0.2, 0) is 4.74 Å². The number of guanidine groups is 1. The van der Waals surface area contributed by atoms with Crippen molar-refractivity contribution in [3.63, 3.8) is 0 Å². The van der Waals surface area contributed by atoms with E-state index in [9.17, 15) is 4.39 Å². The highest BCUT2D eigenvalue weighted by Crippen LogP contribution is 2.21. The fourth-order valence-electron chi connectivity index (χ4n) is 3.90. The lowest BCUT2D eigenvalue weighted by atomic mass is 10.0. The molecule has 0 aliphatic carbocycles. The van der Waals surface area contributed by atoms with E-state index in [0.29, 0.717) is 12.6 Å². The Bertz CT molecular complexity index is 609. The fraction of sp³-hybridized carbons (Fsp3) is 0.650. The smallest absolute Gasteiger partial charge is 0.191 e. The van der Waals surface area contributed by atoms with Crippen LogP contribution in [0.4, 0.5) is 4.39 Å². The van der Waals surface area contributed by atoms with E-state index in [4.69, 9.17) is 4.74 Å². The molecule has 3 rings (SSSR count). The minimum Gasteiger partial charge on any atom is -0.379 e. The summed E-state index contributed by atoms with van der Waals surface area (Å²) >= 11 is 0. The molecule has 0 saturated carbocycles. The van der Waals surface area contributed by atoms with Crippen molar-refractivity contribution in [2.24, 2.45) is 4.99 Å². The minimum atomic E-state index is -0.203. The molecular formula is C20H33FIN5O. The van der Waals surface area contributed by atoms with Gasteiger partial charge in [0.2, 0.25) is 0 Å². The van der Waals surface area contributed by atoms with E-state index in [1.54, 1.807) is 7.05 Å². The first-order valence-corrected chi connectivity index (χ1v) is 9.89. The summed E-state index contributed by atoms with van der Waals surface area (Å²) < 4.78 is 18.9. The van der Waals surface area contributed by atoms with Crippen LogP contribution in [0.2, 0.25) is 0 Å². The first-order valence-electron chi connectivity index (χ1n) is 9.89. The van der Waals surface area contributed by atoms with Gasteiger partial charge in [-0.1, -0.05) is 12.1 Å². The molecule has 2 atom stereocenters. The number of nitrogens with zero attached hydrogens (tertiary/aromatic N) is 3. The average molecular weight is 505 g/mol. The van der Waals surface area contributed by atoms with Gasteiger partial charge < -0.3 is 20.3 Å². The van der Waals surface area contributed by atoms with Gasteiger partial charge in [0.25, 0.3) is 0 Å². The Kier molecular flexibility index (Phi) is 9.90. The maximum Gasteiger partial charge on any atom is 0.191 e. The standard InChI is InChI=1S/C20H32FN5O.HI/c1-22-20(23-14-18-4-3-9-25(18)2)24-15-19(26-10-12-27-13-11-26)16-5-7-17(21)8-6-16;/h5-8,18-19H,3-4,9-15H2,1-2H3,(H2,22,23,24);1H. The Balaban J connectivity index is 0.00000280. The molecule has 2 aliphatic rings.